The molecule has 35 heavy (non-hydrogen) atoms. The van der Waals surface area contributed by atoms with Gasteiger partial charge in [-0.15, -0.1) is 11.8 Å². The van der Waals surface area contributed by atoms with Crippen molar-refractivity contribution in [1.82, 2.24) is 10.2 Å². The van der Waals surface area contributed by atoms with Gasteiger partial charge in [-0.05, 0) is 42.8 Å². The Morgan fingerprint density at radius 2 is 2.03 bits per heavy atom. The number of β-lactam (4-membered cyclic amide) rings is 1. The molecular weight excluding hydrogens is 500 g/mol. The molecular formula is C23H21ClN2O8S. The third-order valence-electron chi connectivity index (χ3n) is 5.38. The topological polar surface area (TPSA) is 135 Å². The van der Waals surface area contributed by atoms with Gasteiger partial charge in [0.15, 0.2) is 5.76 Å². The number of fused-ring (bicyclic) bond motifs is 1. The molecule has 0 saturated carbocycles. The lowest BCUT2D eigenvalue weighted by Gasteiger charge is -2.49. The number of hydrogen-bond acceptors (Lipinski definition) is 8. The SMILES string of the molecule is CC(=O)OCC1=C(C(=O)O)N2C(=O)[C@H](NC(=O)c3ccc(COc4ccc(Cl)c(C)c4)o3)[C@@H]2SC1. The molecule has 2 atom stereocenters. The van der Waals surface area contributed by atoms with Crippen LogP contribution in [0.5, 0.6) is 5.75 Å². The monoisotopic (exact) mass is 520 g/mol. The normalized spacial score (nSPS) is 19.1. The van der Waals surface area contributed by atoms with Crippen LogP contribution in [0.25, 0.3) is 0 Å². The van der Waals surface area contributed by atoms with Crippen molar-refractivity contribution in [2.75, 3.05) is 12.4 Å². The zero-order valence-corrected chi connectivity index (χ0v) is 20.3. The maximum atomic E-state index is 12.7. The minimum absolute atomic E-state index is 0.00695. The lowest BCUT2D eigenvalue weighted by Crippen LogP contribution is -2.70. The van der Waals surface area contributed by atoms with Gasteiger partial charge < -0.3 is 24.3 Å². The van der Waals surface area contributed by atoms with Crippen molar-refractivity contribution in [1.29, 1.82) is 0 Å². The van der Waals surface area contributed by atoms with Crippen molar-refractivity contribution in [2.24, 2.45) is 0 Å². The quantitative estimate of drug-likeness (QED) is 0.397. The van der Waals surface area contributed by atoms with Crippen LogP contribution in [0.2, 0.25) is 5.02 Å². The molecule has 0 aliphatic carbocycles. The summed E-state index contributed by atoms with van der Waals surface area (Å²) in [6, 6.07) is 7.37. The number of furan rings is 1. The van der Waals surface area contributed by atoms with Crippen molar-refractivity contribution < 1.29 is 38.2 Å². The van der Waals surface area contributed by atoms with E-state index in [0.29, 0.717) is 22.1 Å². The van der Waals surface area contributed by atoms with Gasteiger partial charge in [-0.3, -0.25) is 19.3 Å². The number of rotatable bonds is 8. The van der Waals surface area contributed by atoms with Crippen LogP contribution in [0, 0.1) is 6.92 Å². The molecule has 0 spiro atoms. The van der Waals surface area contributed by atoms with Crippen LogP contribution in [-0.2, 0) is 25.7 Å². The van der Waals surface area contributed by atoms with Gasteiger partial charge in [-0.1, -0.05) is 11.6 Å². The van der Waals surface area contributed by atoms with Crippen molar-refractivity contribution in [3.63, 3.8) is 0 Å². The van der Waals surface area contributed by atoms with E-state index >= 15 is 0 Å². The summed E-state index contributed by atoms with van der Waals surface area (Å²) in [4.78, 5) is 49.3. The predicted octanol–water partition coefficient (Wildman–Crippen LogP) is 2.74. The number of ether oxygens (including phenoxy) is 2. The Kier molecular flexibility index (Phi) is 7.08. The molecule has 2 aliphatic rings. The van der Waals surface area contributed by atoms with E-state index in [1.54, 1.807) is 24.3 Å². The Hall–Kier alpha value is -3.44. The number of carboxylic acid groups (broad SMARTS) is 1. The van der Waals surface area contributed by atoms with Gasteiger partial charge in [-0.2, -0.15) is 0 Å². The summed E-state index contributed by atoms with van der Waals surface area (Å²) in [6.45, 7) is 2.93. The number of aliphatic carboxylic acids is 1. The zero-order chi connectivity index (χ0) is 25.3. The number of hydrogen-bond donors (Lipinski definition) is 2. The maximum absolute atomic E-state index is 12.7. The van der Waals surface area contributed by atoms with Crippen molar-refractivity contribution in [2.45, 2.75) is 31.9 Å². The zero-order valence-electron chi connectivity index (χ0n) is 18.7. The summed E-state index contributed by atoms with van der Waals surface area (Å²) in [6.07, 6.45) is 0. The van der Waals surface area contributed by atoms with Gasteiger partial charge in [0.05, 0.1) is 0 Å². The lowest BCUT2D eigenvalue weighted by molar-refractivity contribution is -0.149. The number of carbonyl (C=O) groups excluding carboxylic acids is 3. The highest BCUT2D eigenvalue weighted by Crippen LogP contribution is 2.40. The molecule has 10 nitrogen and oxygen atoms in total. The van der Waals surface area contributed by atoms with E-state index in [0.717, 1.165) is 10.5 Å². The average molecular weight is 521 g/mol. The molecule has 1 aromatic carbocycles. The number of thioether (sulfide) groups is 1. The Labute approximate surface area is 209 Å². The summed E-state index contributed by atoms with van der Waals surface area (Å²) in [5, 5.41) is 12.2. The number of carbonyl (C=O) groups is 4. The average Bonchev–Trinajstić information content (AvgIpc) is 3.30. The first-order valence-electron chi connectivity index (χ1n) is 10.5. The minimum Gasteiger partial charge on any atom is -0.486 e. The fourth-order valence-corrected chi connectivity index (χ4v) is 5.08. The minimum atomic E-state index is -1.30. The van der Waals surface area contributed by atoms with Crippen molar-refractivity contribution in [3.05, 3.63) is 63.7 Å². The molecule has 0 unspecified atom stereocenters. The highest BCUT2D eigenvalue weighted by atomic mass is 35.5. The number of nitrogens with zero attached hydrogens (tertiary/aromatic N) is 1. The number of amides is 2. The van der Waals surface area contributed by atoms with Gasteiger partial charge in [0.2, 0.25) is 0 Å². The van der Waals surface area contributed by atoms with Crippen molar-refractivity contribution >= 4 is 47.1 Å². The maximum Gasteiger partial charge on any atom is 0.352 e. The summed E-state index contributed by atoms with van der Waals surface area (Å²) in [5.74, 6) is -1.80. The van der Waals surface area contributed by atoms with E-state index in [4.69, 9.17) is 25.5 Å². The first-order valence-corrected chi connectivity index (χ1v) is 11.9. The number of aryl methyl sites for hydroxylation is 1. The first-order chi connectivity index (χ1) is 16.7. The highest BCUT2D eigenvalue weighted by molar-refractivity contribution is 8.00. The smallest absolute Gasteiger partial charge is 0.352 e. The fraction of sp³-hybridized carbons (Fsp3) is 0.304. The third kappa shape index (κ3) is 5.15. The van der Waals surface area contributed by atoms with Crippen LogP contribution in [0.3, 0.4) is 0 Å². The summed E-state index contributed by atoms with van der Waals surface area (Å²) in [5.41, 5.74) is 0.960. The Morgan fingerprint density at radius 3 is 2.71 bits per heavy atom. The van der Waals surface area contributed by atoms with Crippen LogP contribution in [0.4, 0.5) is 0 Å². The van der Waals surface area contributed by atoms with E-state index in [-0.39, 0.29) is 30.4 Å². The fourth-order valence-electron chi connectivity index (χ4n) is 3.63. The molecule has 2 aliphatic heterocycles. The largest absolute Gasteiger partial charge is 0.486 e. The number of carboxylic acids is 1. The molecule has 1 aromatic heterocycles. The molecule has 3 heterocycles. The second-order valence-corrected chi connectivity index (χ2v) is 9.38. The molecule has 12 heteroatoms. The van der Waals surface area contributed by atoms with Crippen LogP contribution in [0.1, 0.15) is 28.8 Å². The second kappa shape index (κ2) is 10.0. The molecule has 4 rings (SSSR count). The van der Waals surface area contributed by atoms with Gasteiger partial charge in [0, 0.05) is 23.3 Å². The van der Waals surface area contributed by atoms with Gasteiger partial charge >= 0.3 is 11.9 Å². The third-order valence-corrected chi connectivity index (χ3v) is 7.15. The molecule has 0 radical (unpaired) electrons. The van der Waals surface area contributed by atoms with Crippen LogP contribution in [0.15, 0.2) is 46.0 Å². The van der Waals surface area contributed by atoms with Crippen LogP contribution >= 0.6 is 23.4 Å². The van der Waals surface area contributed by atoms with E-state index in [1.165, 1.54) is 24.8 Å². The first kappa shape index (κ1) is 24.7. The number of benzene rings is 1. The van der Waals surface area contributed by atoms with E-state index < -0.39 is 35.2 Å². The molecule has 2 amide bonds. The number of nitrogens with one attached hydrogen (secondary N) is 1. The second-order valence-electron chi connectivity index (χ2n) is 7.86. The predicted molar refractivity (Wildman–Crippen MR) is 125 cm³/mol. The van der Waals surface area contributed by atoms with Crippen molar-refractivity contribution in [3.8, 4) is 5.75 Å². The molecule has 1 fully saturated rings. The Bertz CT molecular complexity index is 1240. The van der Waals surface area contributed by atoms with E-state index in [1.807, 2.05) is 6.92 Å². The Morgan fingerprint density at radius 1 is 1.26 bits per heavy atom. The van der Waals surface area contributed by atoms with Crippen LogP contribution < -0.4 is 10.1 Å². The van der Waals surface area contributed by atoms with Gasteiger partial charge in [-0.25, -0.2) is 4.79 Å². The molecule has 1 saturated heterocycles. The van der Waals surface area contributed by atoms with E-state index in [2.05, 4.69) is 5.32 Å². The molecule has 0 bridgehead atoms. The Balaban J connectivity index is 1.38. The van der Waals surface area contributed by atoms with Gasteiger partial charge in [0.1, 0.15) is 41.8 Å². The van der Waals surface area contributed by atoms with Crippen LogP contribution in [-0.4, -0.2) is 57.5 Å². The standard InChI is InChI=1S/C23H21ClN2O8S/c1-11-7-14(3-5-16(11)24)33-9-15-4-6-17(34-15)20(28)25-18-21(29)26-19(23(30)31)13(8-32-12(2)27)10-35-22(18)26/h3-7,18,22H,8-10H2,1-2H3,(H,25,28)(H,30,31)/t18-,22-/m0/s1. The lowest BCUT2D eigenvalue weighted by atomic mass is 10.0. The number of halogens is 1. The van der Waals surface area contributed by atoms with Gasteiger partial charge in [0.25, 0.3) is 11.8 Å². The van der Waals surface area contributed by atoms with E-state index in [9.17, 15) is 24.3 Å². The summed E-state index contributed by atoms with van der Waals surface area (Å²) < 4.78 is 16.1. The summed E-state index contributed by atoms with van der Waals surface area (Å²) >= 11 is 7.28. The molecule has 184 valence electrons. The highest BCUT2D eigenvalue weighted by Gasteiger charge is 2.54. The molecule has 2 aromatic rings. The molecule has 2 N–H and O–H groups in total. The number of esters is 1. The summed E-state index contributed by atoms with van der Waals surface area (Å²) in [7, 11) is 0.